The molecule has 2 aromatic rings. The lowest BCUT2D eigenvalue weighted by molar-refractivity contribution is 0.865. The third kappa shape index (κ3) is 2.89. The normalized spacial score (nSPS) is 10.9. The Balaban J connectivity index is 2.21. The summed E-state index contributed by atoms with van der Waals surface area (Å²) in [7, 11) is 0. The second-order valence-electron chi connectivity index (χ2n) is 5.13. The number of anilines is 1. The summed E-state index contributed by atoms with van der Waals surface area (Å²) in [5.74, 6) is 1.21. The molecule has 1 aromatic carbocycles. The Hall–Kier alpha value is -1.83. The highest BCUT2D eigenvalue weighted by atomic mass is 14.8. The summed E-state index contributed by atoms with van der Waals surface area (Å²) in [5.41, 5.74) is 10.8. The number of pyridine rings is 1. The molecule has 0 fully saturated rings. The van der Waals surface area contributed by atoms with Crippen LogP contribution in [0, 0.1) is 6.92 Å². The Bertz CT molecular complexity index is 527. The van der Waals surface area contributed by atoms with E-state index in [1.807, 2.05) is 6.92 Å². The number of nitrogen functional groups attached to an aromatic ring is 1. The van der Waals surface area contributed by atoms with E-state index in [0.29, 0.717) is 11.7 Å². The molecule has 1 heterocycles. The molecule has 18 heavy (non-hydrogen) atoms. The summed E-state index contributed by atoms with van der Waals surface area (Å²) < 4.78 is 0. The highest BCUT2D eigenvalue weighted by molar-refractivity contribution is 5.44. The van der Waals surface area contributed by atoms with Crippen LogP contribution in [0.15, 0.2) is 36.5 Å². The van der Waals surface area contributed by atoms with E-state index in [9.17, 15) is 0 Å². The van der Waals surface area contributed by atoms with Crippen molar-refractivity contribution >= 4 is 5.82 Å². The summed E-state index contributed by atoms with van der Waals surface area (Å²) in [6, 6.07) is 10.9. The Morgan fingerprint density at radius 1 is 1.17 bits per heavy atom. The van der Waals surface area contributed by atoms with Crippen LogP contribution in [0.25, 0.3) is 0 Å². The predicted molar refractivity (Wildman–Crippen MR) is 76.7 cm³/mol. The summed E-state index contributed by atoms with van der Waals surface area (Å²) >= 11 is 0. The van der Waals surface area contributed by atoms with Gasteiger partial charge in [0.25, 0.3) is 0 Å². The van der Waals surface area contributed by atoms with E-state index in [1.54, 1.807) is 6.20 Å². The van der Waals surface area contributed by atoms with Crippen LogP contribution >= 0.6 is 0 Å². The maximum Gasteiger partial charge on any atom is 0.126 e. The molecule has 0 aliphatic rings. The van der Waals surface area contributed by atoms with Crippen LogP contribution in [0.3, 0.4) is 0 Å². The van der Waals surface area contributed by atoms with Gasteiger partial charge < -0.3 is 5.73 Å². The van der Waals surface area contributed by atoms with Crippen LogP contribution in [-0.4, -0.2) is 4.98 Å². The molecule has 0 aliphatic carbocycles. The van der Waals surface area contributed by atoms with E-state index >= 15 is 0 Å². The third-order valence-electron chi connectivity index (χ3n) is 3.18. The number of hydrogen-bond acceptors (Lipinski definition) is 2. The fourth-order valence-corrected chi connectivity index (χ4v) is 2.02. The highest BCUT2D eigenvalue weighted by Crippen LogP contribution is 2.19. The van der Waals surface area contributed by atoms with Crippen LogP contribution in [0.5, 0.6) is 0 Å². The number of nitrogens with two attached hydrogens (primary N) is 1. The van der Waals surface area contributed by atoms with Crippen molar-refractivity contribution in [2.45, 2.75) is 33.1 Å². The number of benzene rings is 1. The summed E-state index contributed by atoms with van der Waals surface area (Å²) in [4.78, 5) is 4.20. The molecular formula is C16H20N2. The third-order valence-corrected chi connectivity index (χ3v) is 3.18. The smallest absolute Gasteiger partial charge is 0.126 e. The van der Waals surface area contributed by atoms with Crippen molar-refractivity contribution in [3.05, 3.63) is 58.8 Å². The van der Waals surface area contributed by atoms with Gasteiger partial charge in [-0.25, -0.2) is 4.98 Å². The topological polar surface area (TPSA) is 38.9 Å². The largest absolute Gasteiger partial charge is 0.383 e. The number of hydrogen-bond donors (Lipinski definition) is 1. The Morgan fingerprint density at radius 3 is 2.44 bits per heavy atom. The lowest BCUT2D eigenvalue weighted by atomic mass is 9.99. The molecule has 0 spiro atoms. The molecule has 0 atom stereocenters. The van der Waals surface area contributed by atoms with Crippen LogP contribution in [0.2, 0.25) is 0 Å². The van der Waals surface area contributed by atoms with Crippen molar-refractivity contribution in [3.63, 3.8) is 0 Å². The molecule has 0 saturated heterocycles. The lowest BCUT2D eigenvalue weighted by Gasteiger charge is -2.08. The van der Waals surface area contributed by atoms with Gasteiger partial charge in [-0.3, -0.25) is 0 Å². The molecule has 2 N–H and O–H groups in total. The first-order valence-corrected chi connectivity index (χ1v) is 6.36. The number of rotatable bonds is 3. The van der Waals surface area contributed by atoms with Gasteiger partial charge in [-0.2, -0.15) is 0 Å². The minimum atomic E-state index is 0.574. The molecule has 1 aromatic heterocycles. The van der Waals surface area contributed by atoms with Gasteiger partial charge in [-0.15, -0.1) is 0 Å². The maximum atomic E-state index is 5.90. The van der Waals surface area contributed by atoms with E-state index in [4.69, 9.17) is 5.73 Å². The van der Waals surface area contributed by atoms with E-state index in [1.165, 1.54) is 11.1 Å². The van der Waals surface area contributed by atoms with E-state index in [0.717, 1.165) is 17.5 Å². The van der Waals surface area contributed by atoms with Crippen molar-refractivity contribution in [2.24, 2.45) is 0 Å². The Morgan fingerprint density at radius 2 is 1.83 bits per heavy atom. The second kappa shape index (κ2) is 5.21. The van der Waals surface area contributed by atoms with Crippen LogP contribution in [0.4, 0.5) is 5.82 Å². The van der Waals surface area contributed by atoms with Crippen LogP contribution < -0.4 is 5.73 Å². The molecular weight excluding hydrogens is 220 g/mol. The average molecular weight is 240 g/mol. The molecule has 0 amide bonds. The Labute approximate surface area is 109 Å². The van der Waals surface area contributed by atoms with Gasteiger partial charge in [-0.1, -0.05) is 44.2 Å². The first-order valence-electron chi connectivity index (χ1n) is 6.36. The molecule has 0 unspecified atom stereocenters. The molecule has 0 aliphatic heterocycles. The van der Waals surface area contributed by atoms with Crippen molar-refractivity contribution in [1.82, 2.24) is 4.98 Å². The molecule has 0 saturated carbocycles. The fraction of sp³-hybridized carbons (Fsp3) is 0.312. The number of aryl methyl sites for hydroxylation is 1. The van der Waals surface area contributed by atoms with Gasteiger partial charge in [0.2, 0.25) is 0 Å². The first-order chi connectivity index (χ1) is 8.56. The summed E-state index contributed by atoms with van der Waals surface area (Å²) in [6.45, 7) is 6.45. The van der Waals surface area contributed by atoms with Gasteiger partial charge in [0.15, 0.2) is 0 Å². The van der Waals surface area contributed by atoms with Crippen molar-refractivity contribution in [2.75, 3.05) is 5.73 Å². The zero-order valence-corrected chi connectivity index (χ0v) is 11.3. The molecule has 0 bridgehead atoms. The maximum absolute atomic E-state index is 5.90. The molecule has 2 nitrogen and oxygen atoms in total. The highest BCUT2D eigenvalue weighted by Gasteiger charge is 2.04. The molecule has 2 rings (SSSR count). The SMILES string of the molecule is Cc1cnc(N)c(Cc2ccc(C(C)C)cc2)c1. The van der Waals surface area contributed by atoms with Crippen molar-refractivity contribution in [3.8, 4) is 0 Å². The zero-order valence-electron chi connectivity index (χ0n) is 11.3. The standard InChI is InChI=1S/C16H20N2/c1-11(2)14-6-4-13(5-7-14)9-15-8-12(3)10-18-16(15)17/h4-8,10-11H,9H2,1-3H3,(H2,17,18). The monoisotopic (exact) mass is 240 g/mol. The summed E-state index contributed by atoms with van der Waals surface area (Å²) in [5, 5.41) is 0. The van der Waals surface area contributed by atoms with Gasteiger partial charge >= 0.3 is 0 Å². The van der Waals surface area contributed by atoms with Crippen molar-refractivity contribution < 1.29 is 0 Å². The Kier molecular flexibility index (Phi) is 3.66. The average Bonchev–Trinajstić information content (AvgIpc) is 2.34. The fourth-order valence-electron chi connectivity index (χ4n) is 2.02. The predicted octanol–water partition coefficient (Wildman–Crippen LogP) is 3.69. The van der Waals surface area contributed by atoms with Gasteiger partial charge in [-0.05, 0) is 35.1 Å². The van der Waals surface area contributed by atoms with Gasteiger partial charge in [0.05, 0.1) is 0 Å². The minimum absolute atomic E-state index is 0.574. The number of nitrogens with zero attached hydrogens (tertiary/aromatic N) is 1. The molecule has 0 radical (unpaired) electrons. The second-order valence-corrected chi connectivity index (χ2v) is 5.13. The minimum Gasteiger partial charge on any atom is -0.383 e. The van der Waals surface area contributed by atoms with Gasteiger partial charge in [0, 0.05) is 12.6 Å². The molecule has 2 heteroatoms. The van der Waals surface area contributed by atoms with Crippen molar-refractivity contribution in [1.29, 1.82) is 0 Å². The van der Waals surface area contributed by atoms with Crippen LogP contribution in [0.1, 0.15) is 42.0 Å². The quantitative estimate of drug-likeness (QED) is 0.888. The first kappa shape index (κ1) is 12.6. The zero-order chi connectivity index (χ0) is 13.1. The summed E-state index contributed by atoms with van der Waals surface area (Å²) in [6.07, 6.45) is 2.65. The van der Waals surface area contributed by atoms with Gasteiger partial charge in [0.1, 0.15) is 5.82 Å². The van der Waals surface area contributed by atoms with E-state index < -0.39 is 0 Å². The van der Waals surface area contributed by atoms with E-state index in [-0.39, 0.29) is 0 Å². The lowest BCUT2D eigenvalue weighted by Crippen LogP contribution is -1.99. The van der Waals surface area contributed by atoms with Crippen LogP contribution in [-0.2, 0) is 6.42 Å². The van der Waals surface area contributed by atoms with E-state index in [2.05, 4.69) is 49.2 Å². The molecule has 94 valence electrons. The number of aromatic nitrogens is 1.